The number of carbonyl (C=O) groups excluding carboxylic acids is 2. The Labute approximate surface area is 112 Å². The van der Waals surface area contributed by atoms with Gasteiger partial charge in [-0.05, 0) is 19.1 Å². The molecule has 1 amide bonds. The van der Waals surface area contributed by atoms with Gasteiger partial charge in [0, 0.05) is 26.8 Å². The maximum Gasteiger partial charge on any atom is 0.307 e. The van der Waals surface area contributed by atoms with Crippen molar-refractivity contribution in [3.63, 3.8) is 0 Å². The predicted molar refractivity (Wildman–Crippen MR) is 72.0 cm³/mol. The fraction of sp³-hybridized carbons (Fsp3) is 0.462. The fourth-order valence-corrected chi connectivity index (χ4v) is 1.41. The van der Waals surface area contributed by atoms with E-state index in [1.807, 2.05) is 0 Å². The summed E-state index contributed by atoms with van der Waals surface area (Å²) in [5.41, 5.74) is 0.529. The molecule has 0 bridgehead atoms. The third-order valence-electron chi connectivity index (χ3n) is 2.36. The third-order valence-corrected chi connectivity index (χ3v) is 2.36. The second-order valence-corrected chi connectivity index (χ2v) is 4.11. The largest absolute Gasteiger partial charge is 0.466 e. The van der Waals surface area contributed by atoms with Crippen LogP contribution >= 0.6 is 0 Å². The number of pyridine rings is 1. The van der Waals surface area contributed by atoms with Crippen LogP contribution in [0, 0.1) is 0 Å². The van der Waals surface area contributed by atoms with Crippen molar-refractivity contribution < 1.29 is 14.3 Å². The van der Waals surface area contributed by atoms with Crippen molar-refractivity contribution in [1.29, 1.82) is 0 Å². The van der Waals surface area contributed by atoms with E-state index in [2.05, 4.69) is 10.3 Å². The molecule has 19 heavy (non-hydrogen) atoms. The molecule has 6 nitrogen and oxygen atoms in total. The standard InChI is InChI=1S/C13H19N3O3/c1-4-19-12(17)7-8-14-11-6-5-10(9-15-11)13(18)16(2)3/h5-6,9H,4,7-8H2,1-3H3,(H,14,15). The summed E-state index contributed by atoms with van der Waals surface area (Å²) in [4.78, 5) is 28.4. The minimum absolute atomic E-state index is 0.0921. The highest BCUT2D eigenvalue weighted by atomic mass is 16.5. The van der Waals surface area contributed by atoms with Gasteiger partial charge in [-0.15, -0.1) is 0 Å². The van der Waals surface area contributed by atoms with Crippen LogP contribution in [0.1, 0.15) is 23.7 Å². The monoisotopic (exact) mass is 265 g/mol. The molecule has 0 spiro atoms. The highest BCUT2D eigenvalue weighted by molar-refractivity contribution is 5.93. The Kier molecular flexibility index (Phi) is 5.78. The molecule has 0 aliphatic heterocycles. The first-order valence-electron chi connectivity index (χ1n) is 6.11. The van der Waals surface area contributed by atoms with Crippen molar-refractivity contribution in [2.45, 2.75) is 13.3 Å². The second kappa shape index (κ2) is 7.35. The van der Waals surface area contributed by atoms with Gasteiger partial charge in [0.15, 0.2) is 0 Å². The SMILES string of the molecule is CCOC(=O)CCNc1ccc(C(=O)N(C)C)cn1. The number of rotatable bonds is 6. The summed E-state index contributed by atoms with van der Waals surface area (Å²) < 4.78 is 4.81. The predicted octanol–water partition coefficient (Wildman–Crippen LogP) is 1.15. The number of carbonyl (C=O) groups is 2. The van der Waals surface area contributed by atoms with Crippen LogP contribution in [0.4, 0.5) is 5.82 Å². The van der Waals surface area contributed by atoms with Gasteiger partial charge in [-0.3, -0.25) is 9.59 Å². The van der Waals surface area contributed by atoms with Crippen LogP contribution in [-0.4, -0.2) is 49.0 Å². The van der Waals surface area contributed by atoms with Crippen LogP contribution < -0.4 is 5.32 Å². The van der Waals surface area contributed by atoms with Crippen LogP contribution in [-0.2, 0) is 9.53 Å². The number of anilines is 1. The Morgan fingerprint density at radius 1 is 1.37 bits per heavy atom. The lowest BCUT2D eigenvalue weighted by Gasteiger charge is -2.10. The summed E-state index contributed by atoms with van der Waals surface area (Å²) in [6.45, 7) is 2.61. The number of nitrogens with one attached hydrogen (secondary N) is 1. The number of esters is 1. The van der Waals surface area contributed by atoms with E-state index in [1.165, 1.54) is 11.1 Å². The molecule has 6 heteroatoms. The quantitative estimate of drug-likeness (QED) is 0.781. The summed E-state index contributed by atoms with van der Waals surface area (Å²) in [5.74, 6) is 0.291. The number of ether oxygens (including phenoxy) is 1. The number of nitrogens with zero attached hydrogens (tertiary/aromatic N) is 2. The number of aromatic nitrogens is 1. The Hall–Kier alpha value is -2.11. The molecule has 0 saturated heterocycles. The normalized spacial score (nSPS) is 9.84. The highest BCUT2D eigenvalue weighted by Crippen LogP contribution is 2.06. The van der Waals surface area contributed by atoms with E-state index in [9.17, 15) is 9.59 Å². The maximum atomic E-state index is 11.6. The molecule has 1 heterocycles. The summed E-state index contributed by atoms with van der Waals surface area (Å²) in [7, 11) is 3.38. The second-order valence-electron chi connectivity index (χ2n) is 4.11. The Bertz CT molecular complexity index is 429. The van der Waals surface area contributed by atoms with Gasteiger partial charge in [0.25, 0.3) is 5.91 Å². The Morgan fingerprint density at radius 2 is 2.11 bits per heavy atom. The van der Waals surface area contributed by atoms with Crippen molar-refractivity contribution in [1.82, 2.24) is 9.88 Å². The van der Waals surface area contributed by atoms with Crippen LogP contribution in [0.25, 0.3) is 0 Å². The topological polar surface area (TPSA) is 71.5 Å². The van der Waals surface area contributed by atoms with Crippen LogP contribution in [0.3, 0.4) is 0 Å². The molecule has 1 aromatic heterocycles. The molecule has 0 atom stereocenters. The van der Waals surface area contributed by atoms with E-state index in [0.29, 0.717) is 24.5 Å². The summed E-state index contributed by atoms with van der Waals surface area (Å²) in [5, 5.41) is 2.99. The van der Waals surface area contributed by atoms with Crippen LogP contribution in [0.15, 0.2) is 18.3 Å². The fourth-order valence-electron chi connectivity index (χ4n) is 1.41. The van der Waals surface area contributed by atoms with Gasteiger partial charge in [0.05, 0.1) is 18.6 Å². The minimum atomic E-state index is -0.241. The van der Waals surface area contributed by atoms with Crippen molar-refractivity contribution in [3.05, 3.63) is 23.9 Å². The average molecular weight is 265 g/mol. The molecule has 0 fully saturated rings. The van der Waals surface area contributed by atoms with Gasteiger partial charge in [-0.25, -0.2) is 4.98 Å². The summed E-state index contributed by atoms with van der Waals surface area (Å²) in [6, 6.07) is 3.41. The van der Waals surface area contributed by atoms with Crippen LogP contribution in [0.2, 0.25) is 0 Å². The molecule has 1 aromatic rings. The van der Waals surface area contributed by atoms with E-state index in [-0.39, 0.29) is 18.3 Å². The van der Waals surface area contributed by atoms with Gasteiger partial charge in [-0.2, -0.15) is 0 Å². The lowest BCUT2D eigenvalue weighted by atomic mass is 10.2. The van der Waals surface area contributed by atoms with Crippen molar-refractivity contribution in [2.24, 2.45) is 0 Å². The molecule has 1 rings (SSSR count). The highest BCUT2D eigenvalue weighted by Gasteiger charge is 2.08. The van der Waals surface area contributed by atoms with Gasteiger partial charge in [0.2, 0.25) is 0 Å². The molecule has 0 aromatic carbocycles. The number of amides is 1. The van der Waals surface area contributed by atoms with Crippen molar-refractivity contribution in [3.8, 4) is 0 Å². The van der Waals surface area contributed by atoms with E-state index < -0.39 is 0 Å². The van der Waals surface area contributed by atoms with E-state index in [0.717, 1.165) is 0 Å². The van der Waals surface area contributed by atoms with Crippen molar-refractivity contribution >= 4 is 17.7 Å². The molecule has 0 aliphatic carbocycles. The van der Waals surface area contributed by atoms with Gasteiger partial charge in [-0.1, -0.05) is 0 Å². The molecule has 0 aliphatic rings. The molecule has 0 radical (unpaired) electrons. The zero-order valence-electron chi connectivity index (χ0n) is 11.5. The van der Waals surface area contributed by atoms with Gasteiger partial charge >= 0.3 is 5.97 Å². The minimum Gasteiger partial charge on any atom is -0.466 e. The molecular weight excluding hydrogens is 246 g/mol. The molecule has 0 saturated carbocycles. The molecule has 104 valence electrons. The van der Waals surface area contributed by atoms with Crippen LogP contribution in [0.5, 0.6) is 0 Å². The van der Waals surface area contributed by atoms with Gasteiger partial charge < -0.3 is 15.0 Å². The summed E-state index contributed by atoms with van der Waals surface area (Å²) in [6.07, 6.45) is 1.79. The van der Waals surface area contributed by atoms with Crippen molar-refractivity contribution in [2.75, 3.05) is 32.6 Å². The average Bonchev–Trinajstić information content (AvgIpc) is 2.39. The number of hydrogen-bond donors (Lipinski definition) is 1. The first-order valence-corrected chi connectivity index (χ1v) is 6.11. The maximum absolute atomic E-state index is 11.6. The first kappa shape index (κ1) is 14.9. The van der Waals surface area contributed by atoms with Gasteiger partial charge in [0.1, 0.15) is 5.82 Å². The Morgan fingerprint density at radius 3 is 2.63 bits per heavy atom. The smallest absolute Gasteiger partial charge is 0.307 e. The third kappa shape index (κ3) is 4.95. The first-order chi connectivity index (χ1) is 9.04. The van der Waals surface area contributed by atoms with E-state index >= 15 is 0 Å². The summed E-state index contributed by atoms with van der Waals surface area (Å²) >= 11 is 0. The molecular formula is C13H19N3O3. The molecule has 0 unspecified atom stereocenters. The zero-order chi connectivity index (χ0) is 14.3. The zero-order valence-corrected chi connectivity index (χ0v) is 11.5. The lowest BCUT2D eigenvalue weighted by molar-refractivity contribution is -0.142. The van der Waals surface area contributed by atoms with E-state index in [4.69, 9.17) is 4.74 Å². The lowest BCUT2D eigenvalue weighted by Crippen LogP contribution is -2.21. The number of hydrogen-bond acceptors (Lipinski definition) is 5. The van der Waals surface area contributed by atoms with E-state index in [1.54, 1.807) is 33.2 Å². The Balaban J connectivity index is 2.44. The molecule has 1 N–H and O–H groups in total.